The van der Waals surface area contributed by atoms with Crippen LogP contribution in [0.2, 0.25) is 0 Å². The molecular formula is C12H14F3N3O2S. The van der Waals surface area contributed by atoms with Crippen molar-refractivity contribution in [3.63, 3.8) is 0 Å². The zero-order valence-corrected chi connectivity index (χ0v) is 12.0. The highest BCUT2D eigenvalue weighted by Crippen LogP contribution is 2.33. The van der Waals surface area contributed by atoms with Crippen molar-refractivity contribution in [3.05, 3.63) is 29.3 Å². The average Bonchev–Trinajstić information content (AvgIpc) is 2.42. The Morgan fingerprint density at radius 2 is 1.95 bits per heavy atom. The van der Waals surface area contributed by atoms with Gasteiger partial charge in [0.1, 0.15) is 0 Å². The van der Waals surface area contributed by atoms with Crippen molar-refractivity contribution in [1.82, 2.24) is 10.0 Å². The molecule has 0 saturated carbocycles. The maximum atomic E-state index is 12.8. The molecule has 0 heterocycles. The summed E-state index contributed by atoms with van der Waals surface area (Å²) in [5, 5.41) is 11.5. The lowest BCUT2D eigenvalue weighted by molar-refractivity contribution is -0.137. The topological polar surface area (TPSA) is 82.0 Å². The highest BCUT2D eigenvalue weighted by atomic mass is 32.2. The number of nitriles is 1. The summed E-state index contributed by atoms with van der Waals surface area (Å²) in [5.41, 5.74) is -1.88. The number of hydrogen-bond acceptors (Lipinski definition) is 4. The Balaban J connectivity index is 3.06. The van der Waals surface area contributed by atoms with Gasteiger partial charge in [-0.2, -0.15) is 18.4 Å². The second-order valence-electron chi connectivity index (χ2n) is 4.07. The number of sulfonamides is 1. The normalized spacial score (nSPS) is 12.1. The molecule has 0 aliphatic rings. The van der Waals surface area contributed by atoms with Gasteiger partial charge in [0.25, 0.3) is 0 Å². The Morgan fingerprint density at radius 3 is 2.48 bits per heavy atom. The molecule has 0 amide bonds. The number of nitrogens with zero attached hydrogens (tertiary/aromatic N) is 1. The van der Waals surface area contributed by atoms with E-state index in [1.54, 1.807) is 0 Å². The molecule has 0 unspecified atom stereocenters. The number of alkyl halides is 3. The first-order valence-corrected chi connectivity index (χ1v) is 7.52. The van der Waals surface area contributed by atoms with E-state index < -0.39 is 32.2 Å². The largest absolute Gasteiger partial charge is 0.417 e. The molecule has 0 atom stereocenters. The fourth-order valence-electron chi connectivity index (χ4n) is 1.56. The van der Waals surface area contributed by atoms with Gasteiger partial charge in [0.15, 0.2) is 0 Å². The summed E-state index contributed by atoms with van der Waals surface area (Å²) in [6, 6.07) is 3.69. The van der Waals surface area contributed by atoms with Gasteiger partial charge in [-0.3, -0.25) is 0 Å². The molecule has 0 aliphatic heterocycles. The first kappa shape index (κ1) is 17.4. The SMILES string of the molecule is CCNCCNS(=O)(=O)c1ccc(C#N)c(C(F)(F)F)c1. The maximum absolute atomic E-state index is 12.8. The molecule has 1 aromatic carbocycles. The van der Waals surface area contributed by atoms with Crippen LogP contribution in [0.4, 0.5) is 13.2 Å². The minimum absolute atomic E-state index is 0.0531. The fraction of sp³-hybridized carbons (Fsp3) is 0.417. The number of halogens is 3. The quantitative estimate of drug-likeness (QED) is 0.777. The van der Waals surface area contributed by atoms with Crippen LogP contribution in [0.15, 0.2) is 23.1 Å². The number of rotatable bonds is 6. The summed E-state index contributed by atoms with van der Waals surface area (Å²) < 4.78 is 64.3. The highest BCUT2D eigenvalue weighted by Gasteiger charge is 2.34. The summed E-state index contributed by atoms with van der Waals surface area (Å²) in [5.74, 6) is 0. The highest BCUT2D eigenvalue weighted by molar-refractivity contribution is 7.89. The van der Waals surface area contributed by atoms with Crippen LogP contribution in [-0.4, -0.2) is 28.1 Å². The summed E-state index contributed by atoms with van der Waals surface area (Å²) in [7, 11) is -4.05. The van der Waals surface area contributed by atoms with Crippen molar-refractivity contribution in [2.24, 2.45) is 0 Å². The van der Waals surface area contributed by atoms with E-state index in [1.807, 2.05) is 6.92 Å². The van der Waals surface area contributed by atoms with Gasteiger partial charge >= 0.3 is 6.18 Å². The average molecular weight is 321 g/mol. The Kier molecular flexibility index (Phi) is 5.71. The van der Waals surface area contributed by atoms with Crippen LogP contribution in [0.1, 0.15) is 18.1 Å². The van der Waals surface area contributed by atoms with Crippen LogP contribution in [0.5, 0.6) is 0 Å². The van der Waals surface area contributed by atoms with Gasteiger partial charge in [0.2, 0.25) is 10.0 Å². The molecule has 0 spiro atoms. The third-order valence-corrected chi connectivity index (χ3v) is 4.03. The van der Waals surface area contributed by atoms with Crippen molar-refractivity contribution in [2.45, 2.75) is 18.0 Å². The number of likely N-dealkylation sites (N-methyl/N-ethyl adjacent to an activating group) is 1. The second-order valence-corrected chi connectivity index (χ2v) is 5.84. The van der Waals surface area contributed by atoms with E-state index in [1.165, 1.54) is 6.07 Å². The predicted molar refractivity (Wildman–Crippen MR) is 69.9 cm³/mol. The molecule has 1 aromatic rings. The molecule has 0 radical (unpaired) electrons. The third-order valence-electron chi connectivity index (χ3n) is 2.57. The molecule has 0 fully saturated rings. The standard InChI is InChI=1S/C12H14F3N3O2S/c1-2-17-5-6-18-21(19,20)10-4-3-9(8-16)11(7-10)12(13,14)15/h3-4,7,17-18H,2,5-6H2,1H3. The zero-order valence-electron chi connectivity index (χ0n) is 11.2. The van der Waals surface area contributed by atoms with E-state index >= 15 is 0 Å². The van der Waals surface area contributed by atoms with Gasteiger partial charge in [0, 0.05) is 13.1 Å². The van der Waals surface area contributed by atoms with Crippen molar-refractivity contribution in [3.8, 4) is 6.07 Å². The summed E-state index contributed by atoms with van der Waals surface area (Å²) in [4.78, 5) is -0.523. The van der Waals surface area contributed by atoms with Crippen molar-refractivity contribution in [2.75, 3.05) is 19.6 Å². The minimum atomic E-state index is -4.79. The molecule has 5 nitrogen and oxygen atoms in total. The molecule has 0 aromatic heterocycles. The van der Waals surface area contributed by atoms with Crippen molar-refractivity contribution < 1.29 is 21.6 Å². The van der Waals surface area contributed by atoms with Crippen molar-refractivity contribution >= 4 is 10.0 Å². The van der Waals surface area contributed by atoms with E-state index in [9.17, 15) is 21.6 Å². The molecule has 1 rings (SSSR count). The van der Waals surface area contributed by atoms with E-state index in [2.05, 4.69) is 10.0 Å². The van der Waals surface area contributed by atoms with Crippen molar-refractivity contribution in [1.29, 1.82) is 5.26 Å². The summed E-state index contributed by atoms with van der Waals surface area (Å²) >= 11 is 0. The zero-order chi connectivity index (χ0) is 16.1. The molecule has 116 valence electrons. The van der Waals surface area contributed by atoms with Crippen LogP contribution < -0.4 is 10.0 Å². The van der Waals surface area contributed by atoms with Crippen LogP contribution in [-0.2, 0) is 16.2 Å². The lowest BCUT2D eigenvalue weighted by Crippen LogP contribution is -2.32. The number of nitrogens with one attached hydrogen (secondary N) is 2. The van der Waals surface area contributed by atoms with Crippen LogP contribution in [0.3, 0.4) is 0 Å². The Bertz CT molecular complexity index is 636. The second kappa shape index (κ2) is 6.89. The summed E-state index contributed by atoms with van der Waals surface area (Å²) in [6.45, 7) is 2.90. The third kappa shape index (κ3) is 4.70. The van der Waals surface area contributed by atoms with E-state index in [-0.39, 0.29) is 6.54 Å². The Hall–Kier alpha value is -1.63. The first-order chi connectivity index (χ1) is 9.72. The fourth-order valence-corrected chi connectivity index (χ4v) is 2.61. The van der Waals surface area contributed by atoms with Gasteiger partial charge < -0.3 is 5.32 Å². The molecular weight excluding hydrogens is 307 g/mol. The van der Waals surface area contributed by atoms with Gasteiger partial charge in [-0.15, -0.1) is 0 Å². The Labute approximate surface area is 120 Å². The van der Waals surface area contributed by atoms with Crippen LogP contribution >= 0.6 is 0 Å². The minimum Gasteiger partial charge on any atom is -0.316 e. The van der Waals surface area contributed by atoms with E-state index in [0.717, 1.165) is 12.1 Å². The van der Waals surface area contributed by atoms with Gasteiger partial charge in [-0.25, -0.2) is 13.1 Å². The summed E-state index contributed by atoms with van der Waals surface area (Å²) in [6.07, 6.45) is -4.79. The van der Waals surface area contributed by atoms with Crippen LogP contribution in [0, 0.1) is 11.3 Å². The van der Waals surface area contributed by atoms with Gasteiger partial charge in [-0.05, 0) is 24.7 Å². The van der Waals surface area contributed by atoms with E-state index in [0.29, 0.717) is 19.2 Å². The van der Waals surface area contributed by atoms with Crippen LogP contribution in [0.25, 0.3) is 0 Å². The molecule has 21 heavy (non-hydrogen) atoms. The molecule has 0 aliphatic carbocycles. The van der Waals surface area contributed by atoms with Gasteiger partial charge in [-0.1, -0.05) is 6.92 Å². The predicted octanol–water partition coefficient (Wildman–Crippen LogP) is 1.46. The maximum Gasteiger partial charge on any atom is 0.417 e. The molecule has 9 heteroatoms. The monoisotopic (exact) mass is 321 g/mol. The van der Waals surface area contributed by atoms with Gasteiger partial charge in [0.05, 0.1) is 22.1 Å². The molecule has 2 N–H and O–H groups in total. The first-order valence-electron chi connectivity index (χ1n) is 6.04. The number of hydrogen-bond donors (Lipinski definition) is 2. The lowest BCUT2D eigenvalue weighted by atomic mass is 10.1. The Morgan fingerprint density at radius 1 is 1.29 bits per heavy atom. The smallest absolute Gasteiger partial charge is 0.316 e. The molecule has 0 saturated heterocycles. The number of benzene rings is 1. The van der Waals surface area contributed by atoms with E-state index in [4.69, 9.17) is 5.26 Å². The lowest BCUT2D eigenvalue weighted by Gasteiger charge is -2.12. The molecule has 0 bridgehead atoms.